The number of aliphatic hydroxyl groups is 1. The number of hydrogen-bond acceptors (Lipinski definition) is 1. The minimum Gasteiger partial charge on any atom is -0.396 e. The van der Waals surface area contributed by atoms with Gasteiger partial charge in [-0.25, -0.2) is 0 Å². The SMILES string of the molecule is CCCCCCCCCCCCC(CO)[C](C)C. The first-order chi connectivity index (χ1) is 8.72. The van der Waals surface area contributed by atoms with E-state index in [4.69, 9.17) is 0 Å². The molecule has 0 saturated carbocycles. The number of unbranched alkanes of at least 4 members (excludes halogenated alkanes) is 9. The molecule has 0 aliphatic heterocycles. The van der Waals surface area contributed by atoms with E-state index < -0.39 is 0 Å². The third-order valence-corrected chi connectivity index (χ3v) is 3.94. The lowest BCUT2D eigenvalue weighted by Gasteiger charge is -2.17. The molecule has 1 atom stereocenters. The van der Waals surface area contributed by atoms with Crippen LogP contribution in [0.2, 0.25) is 0 Å². The van der Waals surface area contributed by atoms with E-state index in [0.29, 0.717) is 12.5 Å². The molecule has 0 heterocycles. The average molecular weight is 255 g/mol. The first kappa shape index (κ1) is 18.0. The Hall–Kier alpha value is -0.0400. The predicted octanol–water partition coefficient (Wildman–Crippen LogP) is 5.52. The van der Waals surface area contributed by atoms with Gasteiger partial charge in [0.25, 0.3) is 0 Å². The Morgan fingerprint density at radius 1 is 0.778 bits per heavy atom. The van der Waals surface area contributed by atoms with Gasteiger partial charge in [0.1, 0.15) is 0 Å². The van der Waals surface area contributed by atoms with Crippen molar-refractivity contribution in [3.8, 4) is 0 Å². The van der Waals surface area contributed by atoms with E-state index >= 15 is 0 Å². The van der Waals surface area contributed by atoms with Gasteiger partial charge in [-0.3, -0.25) is 0 Å². The maximum Gasteiger partial charge on any atom is 0.0464 e. The predicted molar refractivity (Wildman–Crippen MR) is 81.6 cm³/mol. The van der Waals surface area contributed by atoms with Crippen LogP contribution in [0.1, 0.15) is 91.4 Å². The molecule has 1 heteroatoms. The highest BCUT2D eigenvalue weighted by Gasteiger charge is 2.11. The molecule has 0 rings (SSSR count). The van der Waals surface area contributed by atoms with Crippen molar-refractivity contribution in [2.75, 3.05) is 6.61 Å². The van der Waals surface area contributed by atoms with Crippen molar-refractivity contribution in [3.05, 3.63) is 5.92 Å². The van der Waals surface area contributed by atoms with Crippen molar-refractivity contribution < 1.29 is 5.11 Å². The van der Waals surface area contributed by atoms with Crippen molar-refractivity contribution in [2.45, 2.75) is 91.4 Å². The summed E-state index contributed by atoms with van der Waals surface area (Å²) in [7, 11) is 0. The Morgan fingerprint density at radius 2 is 1.22 bits per heavy atom. The van der Waals surface area contributed by atoms with Gasteiger partial charge < -0.3 is 5.11 Å². The van der Waals surface area contributed by atoms with E-state index in [0.717, 1.165) is 0 Å². The fraction of sp³-hybridized carbons (Fsp3) is 0.941. The van der Waals surface area contributed by atoms with Gasteiger partial charge in [-0.1, -0.05) is 85.0 Å². The van der Waals surface area contributed by atoms with Crippen LogP contribution in [0.4, 0.5) is 0 Å². The van der Waals surface area contributed by atoms with E-state index in [1.165, 1.54) is 76.5 Å². The van der Waals surface area contributed by atoms with Gasteiger partial charge >= 0.3 is 0 Å². The molecule has 1 nitrogen and oxygen atoms in total. The fourth-order valence-electron chi connectivity index (χ4n) is 2.44. The molecule has 1 radical (unpaired) electrons. The molecule has 0 aliphatic carbocycles. The third kappa shape index (κ3) is 11.1. The smallest absolute Gasteiger partial charge is 0.0464 e. The topological polar surface area (TPSA) is 20.2 Å². The van der Waals surface area contributed by atoms with Crippen LogP contribution >= 0.6 is 0 Å². The van der Waals surface area contributed by atoms with E-state index in [1.807, 2.05) is 0 Å². The zero-order chi connectivity index (χ0) is 13.6. The summed E-state index contributed by atoms with van der Waals surface area (Å²) in [6.45, 7) is 6.88. The first-order valence-corrected chi connectivity index (χ1v) is 8.13. The molecule has 0 aromatic carbocycles. The van der Waals surface area contributed by atoms with Crippen LogP contribution in [0.25, 0.3) is 0 Å². The van der Waals surface area contributed by atoms with Crippen LogP contribution in [-0.4, -0.2) is 11.7 Å². The Kier molecular flexibility index (Phi) is 13.4. The van der Waals surface area contributed by atoms with Gasteiger partial charge in [-0.15, -0.1) is 0 Å². The molecule has 0 aliphatic rings. The van der Waals surface area contributed by atoms with Crippen molar-refractivity contribution in [1.29, 1.82) is 0 Å². The average Bonchev–Trinajstić information content (AvgIpc) is 2.35. The number of aliphatic hydroxyl groups excluding tert-OH is 1. The van der Waals surface area contributed by atoms with E-state index in [-0.39, 0.29) is 0 Å². The molecule has 0 saturated heterocycles. The highest BCUT2D eigenvalue weighted by atomic mass is 16.3. The molecule has 0 aromatic rings. The molecule has 0 aromatic heterocycles. The van der Waals surface area contributed by atoms with Crippen LogP contribution in [0.5, 0.6) is 0 Å². The second-order valence-electron chi connectivity index (χ2n) is 5.93. The summed E-state index contributed by atoms with van der Waals surface area (Å²) in [6, 6.07) is 0. The molecule has 0 amide bonds. The highest BCUT2D eigenvalue weighted by molar-refractivity contribution is 4.86. The largest absolute Gasteiger partial charge is 0.396 e. The second-order valence-corrected chi connectivity index (χ2v) is 5.93. The van der Waals surface area contributed by atoms with Gasteiger partial charge in [0.2, 0.25) is 0 Å². The molecule has 1 N–H and O–H groups in total. The normalized spacial score (nSPS) is 13.2. The van der Waals surface area contributed by atoms with Gasteiger partial charge in [0.15, 0.2) is 0 Å². The number of hydrogen-bond donors (Lipinski definition) is 1. The lowest BCUT2D eigenvalue weighted by Crippen LogP contribution is -2.11. The first-order valence-electron chi connectivity index (χ1n) is 8.13. The Morgan fingerprint density at radius 3 is 1.61 bits per heavy atom. The van der Waals surface area contributed by atoms with E-state index in [9.17, 15) is 5.11 Å². The summed E-state index contributed by atoms with van der Waals surface area (Å²) < 4.78 is 0. The summed E-state index contributed by atoms with van der Waals surface area (Å²) >= 11 is 0. The molecule has 0 fully saturated rings. The van der Waals surface area contributed by atoms with Gasteiger partial charge in [-0.2, -0.15) is 0 Å². The zero-order valence-electron chi connectivity index (χ0n) is 13.0. The summed E-state index contributed by atoms with van der Waals surface area (Å²) in [5, 5.41) is 9.22. The highest BCUT2D eigenvalue weighted by Crippen LogP contribution is 2.20. The van der Waals surface area contributed by atoms with Gasteiger partial charge in [0.05, 0.1) is 0 Å². The third-order valence-electron chi connectivity index (χ3n) is 3.94. The van der Waals surface area contributed by atoms with Crippen molar-refractivity contribution in [3.63, 3.8) is 0 Å². The molecule has 1 unspecified atom stereocenters. The Bertz CT molecular complexity index is 154. The van der Waals surface area contributed by atoms with E-state index in [1.54, 1.807) is 0 Å². The fourth-order valence-corrected chi connectivity index (χ4v) is 2.44. The molecule has 18 heavy (non-hydrogen) atoms. The molecule has 0 bridgehead atoms. The lowest BCUT2D eigenvalue weighted by atomic mass is 9.91. The summed E-state index contributed by atoms with van der Waals surface area (Å²) in [6.07, 6.45) is 15.1. The molecular formula is C17H35O. The van der Waals surface area contributed by atoms with Crippen LogP contribution in [0.15, 0.2) is 0 Å². The van der Waals surface area contributed by atoms with Crippen molar-refractivity contribution in [1.82, 2.24) is 0 Å². The maximum absolute atomic E-state index is 9.22. The summed E-state index contributed by atoms with van der Waals surface area (Å²) in [5.41, 5.74) is 0. The second kappa shape index (κ2) is 13.4. The standard InChI is InChI=1S/C17H35O/c1-4-5-6-7-8-9-10-11-12-13-14-17(15-18)16(2)3/h17-18H,4-15H2,1-3H3. The monoisotopic (exact) mass is 255 g/mol. The van der Waals surface area contributed by atoms with Gasteiger partial charge in [-0.05, 0) is 18.3 Å². The van der Waals surface area contributed by atoms with Crippen LogP contribution in [0.3, 0.4) is 0 Å². The molecular weight excluding hydrogens is 220 g/mol. The van der Waals surface area contributed by atoms with Crippen LogP contribution in [-0.2, 0) is 0 Å². The Labute approximate surface area is 115 Å². The van der Waals surface area contributed by atoms with Crippen molar-refractivity contribution in [2.24, 2.45) is 5.92 Å². The van der Waals surface area contributed by atoms with Crippen LogP contribution in [0, 0.1) is 11.8 Å². The lowest BCUT2D eigenvalue weighted by molar-refractivity contribution is 0.223. The molecule has 109 valence electrons. The van der Waals surface area contributed by atoms with Crippen molar-refractivity contribution >= 4 is 0 Å². The zero-order valence-corrected chi connectivity index (χ0v) is 13.0. The minimum atomic E-state index is 0.333. The maximum atomic E-state index is 9.22. The Balaban J connectivity index is 3.15. The minimum absolute atomic E-state index is 0.333. The van der Waals surface area contributed by atoms with E-state index in [2.05, 4.69) is 20.8 Å². The summed E-state index contributed by atoms with van der Waals surface area (Å²) in [5.74, 6) is 1.83. The summed E-state index contributed by atoms with van der Waals surface area (Å²) in [4.78, 5) is 0. The van der Waals surface area contributed by atoms with Crippen LogP contribution < -0.4 is 0 Å². The van der Waals surface area contributed by atoms with Gasteiger partial charge in [0, 0.05) is 6.61 Å². The quantitative estimate of drug-likeness (QED) is 0.430. The number of rotatable bonds is 13. The molecule has 0 spiro atoms.